The van der Waals surface area contributed by atoms with Gasteiger partial charge in [0.1, 0.15) is 5.75 Å². The van der Waals surface area contributed by atoms with Gasteiger partial charge in [-0.1, -0.05) is 50.5 Å². The first-order valence-corrected chi connectivity index (χ1v) is 11.8. The Morgan fingerprint density at radius 1 is 1.00 bits per heavy atom. The minimum absolute atomic E-state index is 0.147. The van der Waals surface area contributed by atoms with E-state index in [-0.39, 0.29) is 5.91 Å². The van der Waals surface area contributed by atoms with Crippen molar-refractivity contribution in [1.29, 1.82) is 0 Å². The van der Waals surface area contributed by atoms with Gasteiger partial charge in [-0.3, -0.25) is 4.79 Å². The Bertz CT molecular complexity index is 1020. The van der Waals surface area contributed by atoms with E-state index in [0.717, 1.165) is 42.8 Å². The van der Waals surface area contributed by atoms with Crippen molar-refractivity contribution >= 4 is 5.91 Å². The van der Waals surface area contributed by atoms with Crippen LogP contribution in [0, 0.1) is 0 Å². The summed E-state index contributed by atoms with van der Waals surface area (Å²) in [4.78, 5) is 15.7. The van der Waals surface area contributed by atoms with E-state index in [2.05, 4.69) is 59.0 Å². The van der Waals surface area contributed by atoms with Crippen molar-refractivity contribution < 1.29 is 9.53 Å². The summed E-state index contributed by atoms with van der Waals surface area (Å²) in [5.41, 5.74) is 4.40. The van der Waals surface area contributed by atoms with Crippen molar-refractivity contribution in [3.05, 3.63) is 89.2 Å². The highest BCUT2D eigenvalue weighted by Crippen LogP contribution is 2.26. The Hall–Kier alpha value is -3.01. The number of rotatable bonds is 8. The lowest BCUT2D eigenvalue weighted by Gasteiger charge is -2.35. The molecule has 0 atom stereocenters. The van der Waals surface area contributed by atoms with Gasteiger partial charge in [0, 0.05) is 30.0 Å². The Labute approximate surface area is 191 Å². The zero-order chi connectivity index (χ0) is 22.3. The number of carbonyl (C=O) groups excluding carboxylic acids is 1. The van der Waals surface area contributed by atoms with Crippen LogP contribution in [0.15, 0.2) is 66.9 Å². The quantitative estimate of drug-likeness (QED) is 0.434. The predicted octanol–water partition coefficient (Wildman–Crippen LogP) is 6.08. The van der Waals surface area contributed by atoms with Gasteiger partial charge < -0.3 is 14.2 Å². The van der Waals surface area contributed by atoms with Gasteiger partial charge in [-0.15, -0.1) is 0 Å². The molecule has 1 aromatic heterocycles. The molecule has 1 aliphatic rings. The van der Waals surface area contributed by atoms with Crippen molar-refractivity contribution in [3.63, 3.8) is 0 Å². The second kappa shape index (κ2) is 10.5. The van der Waals surface area contributed by atoms with E-state index in [1.165, 1.54) is 30.4 Å². The number of nitrogens with zero attached hydrogens (tertiary/aromatic N) is 2. The Morgan fingerprint density at radius 3 is 2.50 bits per heavy atom. The molecule has 1 amide bonds. The average Bonchev–Trinajstić information content (AvgIpc) is 3.29. The molecule has 1 aliphatic carbocycles. The smallest absolute Gasteiger partial charge is 0.254 e. The summed E-state index contributed by atoms with van der Waals surface area (Å²) in [5.74, 6) is 1.01. The van der Waals surface area contributed by atoms with Crippen LogP contribution < -0.4 is 4.74 Å². The summed E-state index contributed by atoms with van der Waals surface area (Å²) in [6.07, 6.45) is 8.95. The fourth-order valence-electron chi connectivity index (χ4n) is 4.70. The van der Waals surface area contributed by atoms with Gasteiger partial charge in [-0.05, 0) is 66.8 Å². The number of carbonyl (C=O) groups is 1. The van der Waals surface area contributed by atoms with Crippen LogP contribution in [0.25, 0.3) is 0 Å². The molecule has 0 N–H and O–H groups in total. The molecule has 0 radical (unpaired) electrons. The van der Waals surface area contributed by atoms with Crippen LogP contribution in [0.5, 0.6) is 5.75 Å². The number of ether oxygens (including phenoxy) is 1. The number of benzene rings is 2. The van der Waals surface area contributed by atoms with Crippen LogP contribution in [0.2, 0.25) is 0 Å². The van der Waals surface area contributed by atoms with Crippen LogP contribution >= 0.6 is 0 Å². The molecular formula is C28H34N2O2. The van der Waals surface area contributed by atoms with E-state index in [4.69, 9.17) is 4.74 Å². The Kier molecular flexibility index (Phi) is 7.31. The summed E-state index contributed by atoms with van der Waals surface area (Å²) >= 11 is 0. The Balaban J connectivity index is 1.57. The van der Waals surface area contributed by atoms with Gasteiger partial charge in [0.05, 0.1) is 13.7 Å². The van der Waals surface area contributed by atoms with Gasteiger partial charge in [-0.2, -0.15) is 0 Å². The highest BCUT2D eigenvalue weighted by atomic mass is 16.5. The van der Waals surface area contributed by atoms with E-state index < -0.39 is 0 Å². The van der Waals surface area contributed by atoms with E-state index in [0.29, 0.717) is 12.6 Å². The standard InChI is InChI=1S/C28H34N2O2/c1-3-22-14-16-24(17-15-22)28(31)30(25-10-5-4-6-11-25)21-26-12-8-18-29(26)20-23-9-7-13-27(19-23)32-2/h7-9,12-19,25H,3-6,10-11,20-21H2,1-2H3. The van der Waals surface area contributed by atoms with Crippen LogP contribution in [-0.2, 0) is 19.5 Å². The molecule has 0 bridgehead atoms. The van der Waals surface area contributed by atoms with Crippen LogP contribution in [0.3, 0.4) is 0 Å². The molecule has 4 nitrogen and oxygen atoms in total. The van der Waals surface area contributed by atoms with Crippen molar-refractivity contribution in [3.8, 4) is 5.75 Å². The second-order valence-electron chi connectivity index (χ2n) is 8.75. The second-order valence-corrected chi connectivity index (χ2v) is 8.75. The van der Waals surface area contributed by atoms with Crippen molar-refractivity contribution in [2.45, 2.75) is 64.6 Å². The number of aromatic nitrogens is 1. The summed E-state index contributed by atoms with van der Waals surface area (Å²) in [6.45, 7) is 3.54. The molecule has 0 unspecified atom stereocenters. The van der Waals surface area contributed by atoms with Gasteiger partial charge in [-0.25, -0.2) is 0 Å². The van der Waals surface area contributed by atoms with E-state index in [1.807, 2.05) is 24.3 Å². The van der Waals surface area contributed by atoms with E-state index in [9.17, 15) is 4.79 Å². The molecular weight excluding hydrogens is 396 g/mol. The first-order valence-electron chi connectivity index (χ1n) is 11.8. The summed E-state index contributed by atoms with van der Waals surface area (Å²) in [5, 5.41) is 0. The van der Waals surface area contributed by atoms with Gasteiger partial charge >= 0.3 is 0 Å². The number of amides is 1. The zero-order valence-electron chi connectivity index (χ0n) is 19.3. The fraction of sp³-hybridized carbons (Fsp3) is 0.393. The number of methoxy groups -OCH3 is 1. The predicted molar refractivity (Wildman–Crippen MR) is 129 cm³/mol. The highest BCUT2D eigenvalue weighted by molar-refractivity contribution is 5.94. The molecule has 4 heteroatoms. The minimum Gasteiger partial charge on any atom is -0.497 e. The Morgan fingerprint density at radius 2 is 1.78 bits per heavy atom. The van der Waals surface area contributed by atoms with Crippen molar-refractivity contribution in [1.82, 2.24) is 9.47 Å². The summed E-state index contributed by atoms with van der Waals surface area (Å²) < 4.78 is 7.63. The molecule has 0 aliphatic heterocycles. The van der Waals surface area contributed by atoms with Crippen LogP contribution in [0.4, 0.5) is 0 Å². The SMILES string of the molecule is CCc1ccc(C(=O)N(Cc2cccn2Cc2cccc(OC)c2)C2CCCCC2)cc1. The fourth-order valence-corrected chi connectivity index (χ4v) is 4.70. The number of aryl methyl sites for hydroxylation is 1. The maximum absolute atomic E-state index is 13.6. The highest BCUT2D eigenvalue weighted by Gasteiger charge is 2.27. The lowest BCUT2D eigenvalue weighted by molar-refractivity contribution is 0.0608. The average molecular weight is 431 g/mol. The van der Waals surface area contributed by atoms with E-state index >= 15 is 0 Å². The lowest BCUT2D eigenvalue weighted by atomic mass is 9.93. The lowest BCUT2D eigenvalue weighted by Crippen LogP contribution is -2.41. The first kappa shape index (κ1) is 22.2. The molecule has 2 aromatic carbocycles. The molecule has 0 saturated heterocycles. The van der Waals surface area contributed by atoms with Crippen LogP contribution in [-0.4, -0.2) is 28.5 Å². The third kappa shape index (κ3) is 5.24. The molecule has 3 aromatic rings. The third-order valence-corrected chi connectivity index (χ3v) is 6.63. The molecule has 4 rings (SSSR count). The maximum atomic E-state index is 13.6. The normalized spacial score (nSPS) is 14.3. The molecule has 0 spiro atoms. The zero-order valence-corrected chi connectivity index (χ0v) is 19.3. The molecule has 1 heterocycles. The molecule has 1 fully saturated rings. The van der Waals surface area contributed by atoms with Crippen molar-refractivity contribution in [2.24, 2.45) is 0 Å². The monoisotopic (exact) mass is 430 g/mol. The largest absolute Gasteiger partial charge is 0.497 e. The van der Waals surface area contributed by atoms with Gasteiger partial charge in [0.25, 0.3) is 5.91 Å². The minimum atomic E-state index is 0.147. The maximum Gasteiger partial charge on any atom is 0.254 e. The third-order valence-electron chi connectivity index (χ3n) is 6.63. The molecule has 32 heavy (non-hydrogen) atoms. The summed E-state index contributed by atoms with van der Waals surface area (Å²) in [7, 11) is 1.70. The number of hydrogen-bond donors (Lipinski definition) is 0. The van der Waals surface area contributed by atoms with Crippen LogP contribution in [0.1, 0.15) is 66.2 Å². The topological polar surface area (TPSA) is 34.5 Å². The molecule has 168 valence electrons. The van der Waals surface area contributed by atoms with E-state index in [1.54, 1.807) is 7.11 Å². The number of hydrogen-bond acceptors (Lipinski definition) is 2. The van der Waals surface area contributed by atoms with Gasteiger partial charge in [0.2, 0.25) is 0 Å². The first-order chi connectivity index (χ1) is 15.7. The van der Waals surface area contributed by atoms with Crippen molar-refractivity contribution in [2.75, 3.05) is 7.11 Å². The molecule has 1 saturated carbocycles. The summed E-state index contributed by atoms with van der Waals surface area (Å²) in [6, 6.07) is 20.9. The van der Waals surface area contributed by atoms with Gasteiger partial charge in [0.15, 0.2) is 0 Å².